The standard InChI is InChI=1S/C28H26N2O5S/c1-20-15-17-22(18-16-20)36(32,33)30(21-10-5-4-6-11-21)28(31)26(23-12-7-8-19-29-23)27-24(34-2)13-9-14-25(27)35-3/h4-19,26H,1-3H3. The summed E-state index contributed by atoms with van der Waals surface area (Å²) in [4.78, 5) is 18.9. The first-order chi connectivity index (χ1) is 17.4. The zero-order valence-corrected chi connectivity index (χ0v) is 21.0. The summed E-state index contributed by atoms with van der Waals surface area (Å²) < 4.78 is 40.0. The van der Waals surface area contributed by atoms with Crippen LogP contribution in [0.5, 0.6) is 11.5 Å². The molecule has 0 saturated heterocycles. The number of para-hydroxylation sites is 1. The fraction of sp³-hybridized carbons (Fsp3) is 0.143. The SMILES string of the molecule is COc1cccc(OC)c1C(C(=O)N(c1ccccc1)S(=O)(=O)c1ccc(C)cc1)c1ccccn1. The Morgan fingerprint density at radius 1 is 0.806 bits per heavy atom. The second-order valence-electron chi connectivity index (χ2n) is 8.02. The highest BCUT2D eigenvalue weighted by Crippen LogP contribution is 2.41. The summed E-state index contributed by atoms with van der Waals surface area (Å²) in [5, 5.41) is 0. The van der Waals surface area contributed by atoms with Crippen LogP contribution in [-0.2, 0) is 14.8 Å². The molecule has 0 saturated carbocycles. The van der Waals surface area contributed by atoms with Gasteiger partial charge in [-0.1, -0.05) is 48.0 Å². The molecule has 0 N–H and O–H groups in total. The van der Waals surface area contributed by atoms with Gasteiger partial charge in [-0.2, -0.15) is 0 Å². The second kappa shape index (κ2) is 10.6. The quantitative estimate of drug-likeness (QED) is 0.339. The number of amides is 1. The van der Waals surface area contributed by atoms with Crippen LogP contribution >= 0.6 is 0 Å². The summed E-state index contributed by atoms with van der Waals surface area (Å²) in [5.74, 6) is -1.11. The molecular weight excluding hydrogens is 476 g/mol. The fourth-order valence-electron chi connectivity index (χ4n) is 3.99. The Morgan fingerprint density at radius 2 is 1.42 bits per heavy atom. The normalized spacial score (nSPS) is 12.0. The Morgan fingerprint density at radius 3 is 1.97 bits per heavy atom. The van der Waals surface area contributed by atoms with Gasteiger partial charge in [0.2, 0.25) is 0 Å². The van der Waals surface area contributed by atoms with E-state index in [1.54, 1.807) is 85.1 Å². The molecule has 1 unspecified atom stereocenters. The lowest BCUT2D eigenvalue weighted by atomic mass is 9.92. The summed E-state index contributed by atoms with van der Waals surface area (Å²) in [7, 11) is -1.33. The van der Waals surface area contributed by atoms with E-state index in [1.807, 2.05) is 6.92 Å². The van der Waals surface area contributed by atoms with Crippen molar-refractivity contribution in [3.05, 3.63) is 114 Å². The van der Waals surface area contributed by atoms with Crippen LogP contribution in [0.25, 0.3) is 0 Å². The third-order valence-electron chi connectivity index (χ3n) is 5.74. The predicted molar refractivity (Wildman–Crippen MR) is 138 cm³/mol. The highest BCUT2D eigenvalue weighted by atomic mass is 32.2. The number of methoxy groups -OCH3 is 2. The molecule has 3 aromatic carbocycles. The zero-order valence-electron chi connectivity index (χ0n) is 20.2. The molecule has 4 rings (SSSR count). The number of hydrogen-bond acceptors (Lipinski definition) is 6. The molecule has 1 heterocycles. The van der Waals surface area contributed by atoms with Gasteiger partial charge in [0, 0.05) is 6.20 Å². The van der Waals surface area contributed by atoms with Crippen LogP contribution in [0.1, 0.15) is 22.7 Å². The van der Waals surface area contributed by atoms with Crippen molar-refractivity contribution in [3.8, 4) is 11.5 Å². The number of carbonyl (C=O) groups excluding carboxylic acids is 1. The Kier molecular flexibility index (Phi) is 7.36. The molecule has 0 fully saturated rings. The van der Waals surface area contributed by atoms with Crippen LogP contribution < -0.4 is 13.8 Å². The number of benzene rings is 3. The third-order valence-corrected chi connectivity index (χ3v) is 7.47. The summed E-state index contributed by atoms with van der Waals surface area (Å²) in [5.41, 5.74) is 1.84. The molecule has 1 atom stereocenters. The summed E-state index contributed by atoms with van der Waals surface area (Å²) in [6, 6.07) is 24.9. The number of nitrogens with zero attached hydrogens (tertiary/aromatic N) is 2. The summed E-state index contributed by atoms with van der Waals surface area (Å²) in [6.45, 7) is 1.86. The molecule has 0 aliphatic carbocycles. The van der Waals surface area contributed by atoms with Gasteiger partial charge >= 0.3 is 0 Å². The minimum absolute atomic E-state index is 0.00272. The minimum Gasteiger partial charge on any atom is -0.496 e. The van der Waals surface area contributed by atoms with Gasteiger partial charge in [-0.25, -0.2) is 12.7 Å². The maximum atomic E-state index is 14.5. The largest absolute Gasteiger partial charge is 0.496 e. The molecule has 184 valence electrons. The topological polar surface area (TPSA) is 85.8 Å². The first-order valence-electron chi connectivity index (χ1n) is 11.2. The number of aromatic nitrogens is 1. The number of anilines is 1. The van der Waals surface area contributed by atoms with Gasteiger partial charge in [0.25, 0.3) is 15.9 Å². The van der Waals surface area contributed by atoms with Gasteiger partial charge in [-0.3, -0.25) is 9.78 Å². The molecule has 0 aliphatic heterocycles. The number of hydrogen-bond donors (Lipinski definition) is 0. The average Bonchev–Trinajstić information content (AvgIpc) is 2.90. The van der Waals surface area contributed by atoms with Gasteiger partial charge in [0.05, 0.1) is 36.1 Å². The molecule has 0 radical (unpaired) electrons. The van der Waals surface area contributed by atoms with Gasteiger partial charge in [-0.15, -0.1) is 0 Å². The number of ether oxygens (including phenoxy) is 2. The van der Waals surface area contributed by atoms with E-state index in [2.05, 4.69) is 4.98 Å². The van der Waals surface area contributed by atoms with Crippen molar-refractivity contribution in [1.29, 1.82) is 0 Å². The molecule has 7 nitrogen and oxygen atoms in total. The molecule has 0 bridgehead atoms. The molecule has 0 aliphatic rings. The van der Waals surface area contributed by atoms with E-state index in [0.29, 0.717) is 22.8 Å². The maximum Gasteiger partial charge on any atom is 0.270 e. The number of carbonyl (C=O) groups is 1. The minimum atomic E-state index is -4.30. The van der Waals surface area contributed by atoms with Crippen LogP contribution in [0.3, 0.4) is 0 Å². The van der Waals surface area contributed by atoms with Crippen molar-refractivity contribution in [2.75, 3.05) is 18.5 Å². The Bertz CT molecular complexity index is 1420. The maximum absolute atomic E-state index is 14.5. The van der Waals surface area contributed by atoms with Crippen molar-refractivity contribution in [1.82, 2.24) is 4.98 Å². The predicted octanol–water partition coefficient (Wildman–Crippen LogP) is 4.96. The zero-order chi connectivity index (χ0) is 25.7. The highest BCUT2D eigenvalue weighted by Gasteiger charge is 2.40. The van der Waals surface area contributed by atoms with Crippen LogP contribution in [-0.4, -0.2) is 33.5 Å². The Balaban J connectivity index is 1.99. The highest BCUT2D eigenvalue weighted by molar-refractivity contribution is 7.93. The number of rotatable bonds is 8. The van der Waals surface area contributed by atoms with E-state index in [9.17, 15) is 13.2 Å². The lowest BCUT2D eigenvalue weighted by Gasteiger charge is -2.28. The van der Waals surface area contributed by atoms with E-state index < -0.39 is 21.8 Å². The third kappa shape index (κ3) is 4.81. The summed E-state index contributed by atoms with van der Waals surface area (Å²) in [6.07, 6.45) is 1.55. The van der Waals surface area contributed by atoms with Crippen molar-refractivity contribution in [3.63, 3.8) is 0 Å². The number of pyridine rings is 1. The average molecular weight is 503 g/mol. The van der Waals surface area contributed by atoms with E-state index in [0.717, 1.165) is 9.87 Å². The van der Waals surface area contributed by atoms with E-state index >= 15 is 0 Å². The molecular formula is C28H26N2O5S. The molecule has 0 spiro atoms. The van der Waals surface area contributed by atoms with Crippen molar-refractivity contribution < 1.29 is 22.7 Å². The Hall–Kier alpha value is -4.17. The first kappa shape index (κ1) is 24.9. The first-order valence-corrected chi connectivity index (χ1v) is 12.6. The van der Waals surface area contributed by atoms with Gasteiger partial charge in [0.1, 0.15) is 17.4 Å². The van der Waals surface area contributed by atoms with Gasteiger partial charge in [0.15, 0.2) is 0 Å². The summed E-state index contributed by atoms with van der Waals surface area (Å²) >= 11 is 0. The Labute approximate surface area is 211 Å². The lowest BCUT2D eigenvalue weighted by molar-refractivity contribution is -0.118. The molecule has 1 amide bonds. The van der Waals surface area contributed by atoms with Crippen LogP contribution in [0.2, 0.25) is 0 Å². The second-order valence-corrected chi connectivity index (χ2v) is 9.81. The molecule has 8 heteroatoms. The van der Waals surface area contributed by atoms with Crippen molar-refractivity contribution in [2.45, 2.75) is 17.7 Å². The molecule has 36 heavy (non-hydrogen) atoms. The lowest BCUT2D eigenvalue weighted by Crippen LogP contribution is -2.41. The van der Waals surface area contributed by atoms with Crippen molar-refractivity contribution >= 4 is 21.6 Å². The number of aryl methyl sites for hydroxylation is 1. The van der Waals surface area contributed by atoms with Crippen LogP contribution in [0, 0.1) is 6.92 Å². The van der Waals surface area contributed by atoms with E-state index in [-0.39, 0.29) is 10.6 Å². The van der Waals surface area contributed by atoms with Crippen LogP contribution in [0.4, 0.5) is 5.69 Å². The molecule has 1 aromatic heterocycles. The van der Waals surface area contributed by atoms with Crippen molar-refractivity contribution in [2.24, 2.45) is 0 Å². The van der Waals surface area contributed by atoms with Gasteiger partial charge in [-0.05, 0) is 55.5 Å². The van der Waals surface area contributed by atoms with E-state index in [1.165, 1.54) is 26.4 Å². The van der Waals surface area contributed by atoms with E-state index in [4.69, 9.17) is 9.47 Å². The monoisotopic (exact) mass is 502 g/mol. The fourth-order valence-corrected chi connectivity index (χ4v) is 5.42. The smallest absolute Gasteiger partial charge is 0.270 e. The number of sulfonamides is 1. The molecule has 4 aromatic rings. The van der Waals surface area contributed by atoms with Gasteiger partial charge < -0.3 is 9.47 Å². The van der Waals surface area contributed by atoms with Crippen LogP contribution in [0.15, 0.2) is 102 Å².